The van der Waals surface area contributed by atoms with Crippen molar-refractivity contribution < 1.29 is 17.7 Å². The van der Waals surface area contributed by atoms with Crippen LogP contribution in [0.15, 0.2) is 29.2 Å². The van der Waals surface area contributed by atoms with Gasteiger partial charge in [0, 0.05) is 0 Å². The second-order valence-corrected chi connectivity index (χ2v) is 4.80. The number of hydrogen-bond donors (Lipinski definition) is 1. The van der Waals surface area contributed by atoms with E-state index in [9.17, 15) is 8.42 Å². The van der Waals surface area contributed by atoms with E-state index in [2.05, 4.69) is 4.18 Å². The van der Waals surface area contributed by atoms with E-state index >= 15 is 0 Å². The number of rotatable bonds is 4. The van der Waals surface area contributed by atoms with Crippen LogP contribution in [0.25, 0.3) is 0 Å². The van der Waals surface area contributed by atoms with Gasteiger partial charge in [-0.15, -0.1) is 0 Å². The summed E-state index contributed by atoms with van der Waals surface area (Å²) in [7, 11) is -3.84. The van der Waals surface area contributed by atoms with Gasteiger partial charge in [0.1, 0.15) is 0 Å². The quantitative estimate of drug-likeness (QED) is 0.627. The molecule has 0 aliphatic carbocycles. The molecule has 1 aromatic carbocycles. The summed E-state index contributed by atoms with van der Waals surface area (Å²) < 4.78 is 27.6. The summed E-state index contributed by atoms with van der Waals surface area (Å²) in [4.78, 5) is 0.0561. The summed E-state index contributed by atoms with van der Waals surface area (Å²) in [6.45, 7) is 3.49. The van der Waals surface area contributed by atoms with E-state index in [4.69, 9.17) is 5.11 Å². The molecule has 0 amide bonds. The molecule has 5 heteroatoms. The topological polar surface area (TPSA) is 63.6 Å². The summed E-state index contributed by atoms with van der Waals surface area (Å²) in [5.74, 6) is 0. The van der Waals surface area contributed by atoms with Crippen molar-refractivity contribution in [2.45, 2.75) is 31.5 Å². The first-order chi connectivity index (χ1) is 6.95. The molecule has 0 fully saturated rings. The lowest BCUT2D eigenvalue weighted by atomic mass is 10.2. The molecule has 84 valence electrons. The van der Waals surface area contributed by atoms with Crippen LogP contribution in [-0.2, 0) is 14.3 Å². The smallest absolute Gasteiger partial charge is 0.299 e. The first-order valence-corrected chi connectivity index (χ1v) is 6.04. The first kappa shape index (κ1) is 12.2. The van der Waals surface area contributed by atoms with E-state index in [-0.39, 0.29) is 11.3 Å². The molecule has 0 aromatic heterocycles. The Morgan fingerprint density at radius 3 is 2.33 bits per heavy atom. The molecular formula is C10H14O4S. The highest BCUT2D eigenvalue weighted by molar-refractivity contribution is 7.86. The fourth-order valence-electron chi connectivity index (χ4n) is 0.975. The van der Waals surface area contributed by atoms with Crippen molar-refractivity contribution >= 4 is 10.1 Å². The van der Waals surface area contributed by atoms with Gasteiger partial charge in [-0.25, -0.2) is 4.18 Å². The fourth-order valence-corrected chi connectivity index (χ4v) is 1.98. The third-order valence-electron chi connectivity index (χ3n) is 1.90. The van der Waals surface area contributed by atoms with Crippen LogP contribution >= 0.6 is 0 Å². The molecule has 0 heterocycles. The Labute approximate surface area is 89.6 Å². The van der Waals surface area contributed by atoms with Crippen LogP contribution in [0.4, 0.5) is 0 Å². The van der Waals surface area contributed by atoms with Gasteiger partial charge in [0.25, 0.3) is 10.1 Å². The monoisotopic (exact) mass is 230 g/mol. The molecule has 1 rings (SSSR count). The van der Waals surface area contributed by atoms with Crippen molar-refractivity contribution in [3.8, 4) is 0 Å². The zero-order valence-electron chi connectivity index (χ0n) is 8.67. The van der Waals surface area contributed by atoms with Crippen LogP contribution in [0.1, 0.15) is 18.9 Å². The molecule has 1 N–H and O–H groups in total. The van der Waals surface area contributed by atoms with Crippen molar-refractivity contribution in [2.24, 2.45) is 0 Å². The third-order valence-corrected chi connectivity index (χ3v) is 3.22. The average molecular weight is 230 g/mol. The molecule has 0 aliphatic heterocycles. The summed E-state index contributed by atoms with van der Waals surface area (Å²) in [6.07, 6.45) is -1.05. The Hall–Kier alpha value is -0.910. The number of aliphatic hydroxyl groups is 1. The molecular weight excluding hydrogens is 216 g/mol. The molecule has 0 aliphatic rings. The largest absolute Gasteiger partial charge is 0.367 e. The van der Waals surface area contributed by atoms with Gasteiger partial charge in [0.2, 0.25) is 0 Å². The van der Waals surface area contributed by atoms with Crippen molar-refractivity contribution in [3.63, 3.8) is 0 Å². The zero-order chi connectivity index (χ0) is 11.5. The minimum absolute atomic E-state index is 0.0561. The predicted octanol–water partition coefficient (Wildman–Crippen LogP) is 1.43. The lowest BCUT2D eigenvalue weighted by Gasteiger charge is -2.09. The Morgan fingerprint density at radius 1 is 1.33 bits per heavy atom. The molecule has 1 aromatic rings. The second-order valence-electron chi connectivity index (χ2n) is 3.23. The number of benzene rings is 1. The molecule has 0 saturated heterocycles. The highest BCUT2D eigenvalue weighted by Crippen LogP contribution is 2.15. The van der Waals surface area contributed by atoms with Gasteiger partial charge in [-0.3, -0.25) is 0 Å². The third kappa shape index (κ3) is 3.30. The van der Waals surface area contributed by atoms with Crippen LogP contribution in [-0.4, -0.2) is 19.8 Å². The van der Waals surface area contributed by atoms with E-state index in [1.165, 1.54) is 12.1 Å². The SMILES string of the molecule is CCC(O)OS(=O)(=O)c1ccc(C)cc1. The molecule has 4 nitrogen and oxygen atoms in total. The van der Waals surface area contributed by atoms with Gasteiger partial charge < -0.3 is 5.11 Å². The van der Waals surface area contributed by atoms with Crippen LogP contribution < -0.4 is 0 Å². The van der Waals surface area contributed by atoms with Gasteiger partial charge >= 0.3 is 0 Å². The summed E-state index contributed by atoms with van der Waals surface area (Å²) >= 11 is 0. The molecule has 0 bridgehead atoms. The van der Waals surface area contributed by atoms with Crippen LogP contribution in [0.5, 0.6) is 0 Å². The predicted molar refractivity (Wildman–Crippen MR) is 55.7 cm³/mol. The highest BCUT2D eigenvalue weighted by Gasteiger charge is 2.18. The van der Waals surface area contributed by atoms with Gasteiger partial charge in [-0.2, -0.15) is 8.42 Å². The molecule has 0 radical (unpaired) electrons. The van der Waals surface area contributed by atoms with Gasteiger partial charge in [0.05, 0.1) is 4.90 Å². The maximum Gasteiger partial charge on any atom is 0.299 e. The lowest BCUT2D eigenvalue weighted by molar-refractivity contribution is -0.0137. The molecule has 1 unspecified atom stereocenters. The first-order valence-electron chi connectivity index (χ1n) is 4.63. The Balaban J connectivity index is 2.91. The molecule has 1 atom stereocenters. The number of hydrogen-bond acceptors (Lipinski definition) is 4. The lowest BCUT2D eigenvalue weighted by Crippen LogP contribution is -2.17. The summed E-state index contributed by atoms with van der Waals surface area (Å²) in [5.41, 5.74) is 0.963. The van der Waals surface area contributed by atoms with Crippen molar-refractivity contribution in [3.05, 3.63) is 29.8 Å². The average Bonchev–Trinajstić information content (AvgIpc) is 2.17. The van der Waals surface area contributed by atoms with Crippen molar-refractivity contribution in [2.75, 3.05) is 0 Å². The summed E-state index contributed by atoms with van der Waals surface area (Å²) in [5, 5.41) is 9.11. The van der Waals surface area contributed by atoms with Crippen LogP contribution in [0.3, 0.4) is 0 Å². The fraction of sp³-hybridized carbons (Fsp3) is 0.400. The van der Waals surface area contributed by atoms with E-state index in [0.717, 1.165) is 5.56 Å². The van der Waals surface area contributed by atoms with E-state index in [0.29, 0.717) is 0 Å². The Kier molecular flexibility index (Phi) is 3.84. The van der Waals surface area contributed by atoms with Crippen LogP contribution in [0, 0.1) is 6.92 Å². The van der Waals surface area contributed by atoms with Gasteiger partial charge in [0.15, 0.2) is 6.29 Å². The van der Waals surface area contributed by atoms with E-state index in [1.54, 1.807) is 19.1 Å². The maximum atomic E-state index is 11.5. The zero-order valence-corrected chi connectivity index (χ0v) is 9.49. The normalized spacial score (nSPS) is 13.8. The highest BCUT2D eigenvalue weighted by atomic mass is 32.2. The summed E-state index contributed by atoms with van der Waals surface area (Å²) in [6, 6.07) is 6.25. The van der Waals surface area contributed by atoms with E-state index < -0.39 is 16.4 Å². The van der Waals surface area contributed by atoms with Crippen molar-refractivity contribution in [1.82, 2.24) is 0 Å². The number of aliphatic hydroxyl groups excluding tert-OH is 1. The second kappa shape index (κ2) is 4.74. The molecule has 15 heavy (non-hydrogen) atoms. The van der Waals surface area contributed by atoms with Crippen molar-refractivity contribution in [1.29, 1.82) is 0 Å². The minimum atomic E-state index is -3.84. The van der Waals surface area contributed by atoms with Gasteiger partial charge in [-0.05, 0) is 25.5 Å². The standard InChI is InChI=1S/C10H14O4S/c1-3-10(11)14-15(12,13)9-6-4-8(2)5-7-9/h4-7,10-11H,3H2,1-2H3. The number of aryl methyl sites for hydroxylation is 1. The Bertz CT molecular complexity index is 408. The molecule has 0 saturated carbocycles. The van der Waals surface area contributed by atoms with Gasteiger partial charge in [-0.1, -0.05) is 24.6 Å². The van der Waals surface area contributed by atoms with E-state index in [1.807, 2.05) is 6.92 Å². The Morgan fingerprint density at radius 2 is 1.87 bits per heavy atom. The maximum absolute atomic E-state index is 11.5. The molecule has 0 spiro atoms. The minimum Gasteiger partial charge on any atom is -0.367 e. The van der Waals surface area contributed by atoms with Crippen LogP contribution in [0.2, 0.25) is 0 Å².